The van der Waals surface area contributed by atoms with E-state index in [2.05, 4.69) is 91.0 Å². The van der Waals surface area contributed by atoms with E-state index < -0.39 is 25.9 Å². The van der Waals surface area contributed by atoms with Crippen molar-refractivity contribution in [3.63, 3.8) is 0 Å². The van der Waals surface area contributed by atoms with Crippen LogP contribution in [0.2, 0.25) is 0 Å². The van der Waals surface area contributed by atoms with Crippen molar-refractivity contribution in [1.29, 1.82) is 0 Å². The van der Waals surface area contributed by atoms with Crippen molar-refractivity contribution in [2.24, 2.45) is 0 Å². The van der Waals surface area contributed by atoms with Gasteiger partial charge in [0.2, 0.25) is 0 Å². The fourth-order valence-corrected chi connectivity index (χ4v) is 10.7. The second-order valence-electron chi connectivity index (χ2n) is 13.5. The molecule has 0 spiro atoms. The summed E-state index contributed by atoms with van der Waals surface area (Å²) >= 11 is 1.67. The Bertz CT molecular complexity index is 3030. The first-order valence-electron chi connectivity index (χ1n) is 17.1. The van der Waals surface area contributed by atoms with E-state index in [9.17, 15) is 19.4 Å². The van der Waals surface area contributed by atoms with Gasteiger partial charge in [-0.2, -0.15) is 0 Å². The largest absolute Gasteiger partial charge is 0.311 e. The fraction of sp³-hybridized carbons (Fsp3) is 0. The zero-order valence-electron chi connectivity index (χ0n) is 27.8. The van der Waals surface area contributed by atoms with E-state index >= 15 is 0 Å². The van der Waals surface area contributed by atoms with Gasteiger partial charge in [0.15, 0.2) is 0 Å². The molecule has 0 bridgehead atoms. The molecule has 10 aromatic rings. The molecule has 53 heavy (non-hydrogen) atoms. The van der Waals surface area contributed by atoms with Crippen LogP contribution in [0, 0.1) is 0 Å². The number of hydrogen-bond donors (Lipinski definition) is 0. The molecule has 7 heteroatoms. The van der Waals surface area contributed by atoms with Crippen molar-refractivity contribution >= 4 is 84.8 Å². The third kappa shape index (κ3) is 4.95. The lowest BCUT2D eigenvalue weighted by molar-refractivity contribution is 0.367. The van der Waals surface area contributed by atoms with Gasteiger partial charge in [0, 0.05) is 36.5 Å². The maximum atomic E-state index is 14.8. The monoisotopic (exact) mass is 738 g/mol. The van der Waals surface area contributed by atoms with Crippen LogP contribution in [0.3, 0.4) is 0 Å². The summed E-state index contributed by atoms with van der Waals surface area (Å²) in [5.41, 5.74) is 5.71. The molecule has 10 rings (SSSR count). The Morgan fingerprint density at radius 2 is 0.774 bits per heavy atom. The highest BCUT2D eigenvalue weighted by Gasteiger charge is 2.67. The minimum Gasteiger partial charge on any atom is -0.135 e. The summed E-state index contributed by atoms with van der Waals surface area (Å²) in [6.07, 6.45) is 0. The van der Waals surface area contributed by atoms with Gasteiger partial charge in [0.05, 0.1) is 0 Å². The molecule has 0 N–H and O–H groups in total. The molecule has 0 amide bonds. The average molecular weight is 739 g/mol. The van der Waals surface area contributed by atoms with Crippen LogP contribution >= 0.6 is 21.6 Å². The van der Waals surface area contributed by atoms with E-state index in [1.54, 1.807) is 23.5 Å². The summed E-state index contributed by atoms with van der Waals surface area (Å²) in [7, 11) is -10.1. The molecule has 258 valence electrons. The molecule has 0 fully saturated rings. The van der Waals surface area contributed by atoms with Crippen LogP contribution in [0.15, 0.2) is 169 Å². The molecule has 0 nitrogen and oxygen atoms in total. The maximum absolute atomic E-state index is 14.8. The summed E-state index contributed by atoms with van der Waals surface area (Å²) in [4.78, 5) is -1.83. The first-order valence-corrected chi connectivity index (χ1v) is 19.9. The van der Waals surface area contributed by atoms with Crippen molar-refractivity contribution in [3.8, 4) is 33.4 Å². The van der Waals surface area contributed by atoms with Gasteiger partial charge in [-0.25, -0.2) is 0 Å². The normalized spacial score (nSPS) is 13.7. The lowest BCUT2D eigenvalue weighted by Gasteiger charge is -2.42. The number of benzene rings is 9. The van der Waals surface area contributed by atoms with E-state index in [1.165, 1.54) is 29.8 Å². The Morgan fingerprint density at radius 1 is 0.340 bits per heavy atom. The molecule has 0 unspecified atom stereocenters. The summed E-state index contributed by atoms with van der Waals surface area (Å²) in [5.74, 6) is 0. The topological polar surface area (TPSA) is 0 Å². The third-order valence-electron chi connectivity index (χ3n) is 10.3. The number of fused-ring (bicyclic) bond motifs is 7. The van der Waals surface area contributed by atoms with E-state index in [0.717, 1.165) is 70.5 Å². The summed E-state index contributed by atoms with van der Waals surface area (Å²) in [6.45, 7) is 0. The number of hydrogen-bond acceptors (Lipinski definition) is 1. The Balaban J connectivity index is 1.26. The third-order valence-corrected chi connectivity index (χ3v) is 12.7. The molecular weight excluding hydrogens is 712 g/mol. The molecule has 1 aromatic heterocycles. The van der Waals surface area contributed by atoms with Crippen LogP contribution in [0.1, 0.15) is 0 Å². The van der Waals surface area contributed by atoms with Crippen molar-refractivity contribution in [1.82, 2.24) is 0 Å². The summed E-state index contributed by atoms with van der Waals surface area (Å²) in [6, 6.07) is 50.9. The quantitative estimate of drug-likeness (QED) is 0.125. The first-order chi connectivity index (χ1) is 25.5. The van der Waals surface area contributed by atoms with Crippen molar-refractivity contribution in [3.05, 3.63) is 164 Å². The second kappa shape index (κ2) is 10.7. The SMILES string of the molecule is FS(F)(F)(F)(F)c1c2ccccc2c(-c2ccc3sc4c(-c5c6ccccc6c(-c6ccccc6)c6ccccc56)cccc4c3c2)c2ccccc12. The molecule has 0 radical (unpaired) electrons. The number of halogens is 5. The number of thiophene rings is 1. The predicted octanol–water partition coefficient (Wildman–Crippen LogP) is 16.3. The van der Waals surface area contributed by atoms with E-state index in [-0.39, 0.29) is 10.8 Å². The van der Waals surface area contributed by atoms with Crippen LogP contribution < -0.4 is 0 Å². The van der Waals surface area contributed by atoms with Gasteiger partial charge in [-0.05, 0) is 72.3 Å². The predicted molar refractivity (Wildman–Crippen MR) is 217 cm³/mol. The van der Waals surface area contributed by atoms with Gasteiger partial charge >= 0.3 is 10.2 Å². The smallest absolute Gasteiger partial charge is 0.135 e. The highest BCUT2D eigenvalue weighted by Crippen LogP contribution is 3.03. The number of rotatable bonds is 4. The average Bonchev–Trinajstić information content (AvgIpc) is 3.53. The highest BCUT2D eigenvalue weighted by molar-refractivity contribution is 8.46. The van der Waals surface area contributed by atoms with Gasteiger partial charge < -0.3 is 0 Å². The van der Waals surface area contributed by atoms with Crippen molar-refractivity contribution in [2.75, 3.05) is 0 Å². The molecule has 1 heterocycles. The van der Waals surface area contributed by atoms with E-state index in [4.69, 9.17) is 0 Å². The molecule has 0 aliphatic heterocycles. The maximum Gasteiger partial charge on any atom is 0.311 e. The van der Waals surface area contributed by atoms with Crippen molar-refractivity contribution in [2.45, 2.75) is 4.90 Å². The zero-order valence-corrected chi connectivity index (χ0v) is 29.4. The Hall–Kier alpha value is -5.76. The standard InChI is InChI=1S/C46H27F5S2/c47-53(48,49,50,51)46-37-21-10-8-19-34(37)43(35-20-9-11-22-38(35)46)29-25-26-41-40(27-29)36-23-12-24-39(45(36)52-41)44-32-17-6-4-15-30(32)42(28-13-2-1-3-14-28)31-16-5-7-18-33(31)44/h1-27H. The summed E-state index contributed by atoms with van der Waals surface area (Å²) < 4.78 is 75.9. The molecule has 0 saturated heterocycles. The zero-order chi connectivity index (χ0) is 36.2. The highest BCUT2D eigenvalue weighted by atomic mass is 32.5. The van der Waals surface area contributed by atoms with Crippen LogP contribution in [0.25, 0.3) is 96.6 Å². The van der Waals surface area contributed by atoms with Crippen LogP contribution in [0.4, 0.5) is 19.4 Å². The molecule has 9 aromatic carbocycles. The summed E-state index contributed by atoms with van der Waals surface area (Å²) in [5, 5.41) is 5.80. The van der Waals surface area contributed by atoms with Gasteiger partial charge in [-0.1, -0.05) is 171 Å². The molecule has 0 aliphatic rings. The van der Waals surface area contributed by atoms with Crippen LogP contribution in [-0.4, -0.2) is 0 Å². The minimum absolute atomic E-state index is 0.130. The Labute approximate surface area is 305 Å². The lowest BCUT2D eigenvalue weighted by atomic mass is 9.85. The van der Waals surface area contributed by atoms with E-state index in [0.29, 0.717) is 11.1 Å². The molecule has 0 aliphatic carbocycles. The van der Waals surface area contributed by atoms with Gasteiger partial charge in [0.1, 0.15) is 4.90 Å². The molecule has 0 saturated carbocycles. The lowest BCUT2D eigenvalue weighted by Crippen LogP contribution is -2.08. The Kier molecular flexibility index (Phi) is 6.42. The van der Waals surface area contributed by atoms with Gasteiger partial charge in [0.25, 0.3) is 0 Å². The first kappa shape index (κ1) is 31.9. The van der Waals surface area contributed by atoms with Crippen LogP contribution in [0.5, 0.6) is 0 Å². The fourth-order valence-electron chi connectivity index (χ4n) is 8.30. The molecule has 0 atom stereocenters. The van der Waals surface area contributed by atoms with Gasteiger partial charge in [-0.3, -0.25) is 0 Å². The van der Waals surface area contributed by atoms with Crippen LogP contribution in [-0.2, 0) is 0 Å². The van der Waals surface area contributed by atoms with Crippen molar-refractivity contribution < 1.29 is 19.4 Å². The molecular formula is C46H27F5S2. The van der Waals surface area contributed by atoms with E-state index in [1.807, 2.05) is 24.3 Å². The Morgan fingerprint density at radius 3 is 1.30 bits per heavy atom. The minimum atomic E-state index is -10.1. The van der Waals surface area contributed by atoms with Gasteiger partial charge in [-0.15, -0.1) is 11.3 Å². The second-order valence-corrected chi connectivity index (χ2v) is 16.9.